The van der Waals surface area contributed by atoms with Gasteiger partial charge in [0.15, 0.2) is 0 Å². The molecule has 3 heteroatoms. The standard InChI is InChI=1S/C18H22O3/c1-11-9-10-12(2)18(13(11)3)21-16-8-6-7-15(20-5)17(16)14(4)19/h6-10,14,19H,1-5H3/t14-/m1/s1. The first-order chi connectivity index (χ1) is 9.95. The molecule has 0 fully saturated rings. The molecular weight excluding hydrogens is 264 g/mol. The van der Waals surface area contributed by atoms with Crippen LogP contribution < -0.4 is 9.47 Å². The van der Waals surface area contributed by atoms with Crippen molar-refractivity contribution in [1.29, 1.82) is 0 Å². The Morgan fingerprint density at radius 2 is 1.57 bits per heavy atom. The van der Waals surface area contributed by atoms with Crippen LogP contribution in [0.3, 0.4) is 0 Å². The summed E-state index contributed by atoms with van der Waals surface area (Å²) in [6, 6.07) is 9.66. The molecule has 0 aliphatic carbocycles. The van der Waals surface area contributed by atoms with Gasteiger partial charge in [-0.05, 0) is 56.5 Å². The smallest absolute Gasteiger partial charge is 0.136 e. The topological polar surface area (TPSA) is 38.7 Å². The number of aliphatic hydroxyl groups excluding tert-OH is 1. The van der Waals surface area contributed by atoms with E-state index in [0.29, 0.717) is 17.1 Å². The summed E-state index contributed by atoms with van der Waals surface area (Å²) in [5.74, 6) is 2.09. The van der Waals surface area contributed by atoms with Crippen molar-refractivity contribution in [2.75, 3.05) is 7.11 Å². The van der Waals surface area contributed by atoms with E-state index in [1.54, 1.807) is 14.0 Å². The normalized spacial score (nSPS) is 12.1. The van der Waals surface area contributed by atoms with Gasteiger partial charge in [0.25, 0.3) is 0 Å². The van der Waals surface area contributed by atoms with Crippen LogP contribution in [-0.2, 0) is 0 Å². The van der Waals surface area contributed by atoms with E-state index in [1.807, 2.05) is 38.1 Å². The lowest BCUT2D eigenvalue weighted by atomic mass is 10.0. The van der Waals surface area contributed by atoms with Crippen LogP contribution in [0, 0.1) is 20.8 Å². The number of ether oxygens (including phenoxy) is 2. The lowest BCUT2D eigenvalue weighted by Gasteiger charge is -2.19. The van der Waals surface area contributed by atoms with Crippen molar-refractivity contribution < 1.29 is 14.6 Å². The van der Waals surface area contributed by atoms with Gasteiger partial charge in [-0.15, -0.1) is 0 Å². The molecule has 0 aliphatic rings. The maximum atomic E-state index is 10.0. The van der Waals surface area contributed by atoms with E-state index in [2.05, 4.69) is 13.0 Å². The lowest BCUT2D eigenvalue weighted by Crippen LogP contribution is -2.01. The van der Waals surface area contributed by atoms with Crippen LogP contribution in [0.4, 0.5) is 0 Å². The third-order valence-electron chi connectivity index (χ3n) is 3.75. The molecule has 0 saturated heterocycles. The fourth-order valence-corrected chi connectivity index (χ4v) is 2.40. The van der Waals surface area contributed by atoms with Crippen molar-refractivity contribution in [3.8, 4) is 17.2 Å². The molecule has 3 nitrogen and oxygen atoms in total. The zero-order chi connectivity index (χ0) is 15.6. The SMILES string of the molecule is COc1cccc(Oc2c(C)ccc(C)c2C)c1[C@@H](C)O. The third-order valence-corrected chi connectivity index (χ3v) is 3.75. The van der Waals surface area contributed by atoms with Gasteiger partial charge < -0.3 is 14.6 Å². The van der Waals surface area contributed by atoms with Crippen molar-refractivity contribution in [1.82, 2.24) is 0 Å². The minimum Gasteiger partial charge on any atom is -0.496 e. The summed E-state index contributed by atoms with van der Waals surface area (Å²) in [4.78, 5) is 0. The summed E-state index contributed by atoms with van der Waals surface area (Å²) in [5.41, 5.74) is 4.02. The van der Waals surface area contributed by atoms with E-state index < -0.39 is 6.10 Å². The average Bonchev–Trinajstić information content (AvgIpc) is 2.47. The van der Waals surface area contributed by atoms with Crippen molar-refractivity contribution in [3.05, 3.63) is 52.6 Å². The molecule has 0 spiro atoms. The van der Waals surface area contributed by atoms with Crippen LogP contribution in [0.15, 0.2) is 30.3 Å². The Morgan fingerprint density at radius 1 is 0.952 bits per heavy atom. The van der Waals surface area contributed by atoms with Gasteiger partial charge in [0, 0.05) is 0 Å². The molecule has 21 heavy (non-hydrogen) atoms. The minimum atomic E-state index is -0.665. The van der Waals surface area contributed by atoms with Crippen LogP contribution in [0.5, 0.6) is 17.2 Å². The first-order valence-corrected chi connectivity index (χ1v) is 7.05. The minimum absolute atomic E-state index is 0.626. The lowest BCUT2D eigenvalue weighted by molar-refractivity contribution is 0.190. The van der Waals surface area contributed by atoms with E-state index in [9.17, 15) is 5.11 Å². The Hall–Kier alpha value is -2.00. The van der Waals surface area contributed by atoms with E-state index in [1.165, 1.54) is 5.56 Å². The quantitative estimate of drug-likeness (QED) is 0.901. The van der Waals surface area contributed by atoms with Gasteiger partial charge >= 0.3 is 0 Å². The van der Waals surface area contributed by atoms with Crippen LogP contribution in [0.2, 0.25) is 0 Å². The molecule has 0 radical (unpaired) electrons. The Balaban J connectivity index is 2.52. The third kappa shape index (κ3) is 3.03. The number of methoxy groups -OCH3 is 1. The van der Waals surface area contributed by atoms with Gasteiger partial charge in [-0.1, -0.05) is 18.2 Å². The second-order valence-corrected chi connectivity index (χ2v) is 5.30. The summed E-state index contributed by atoms with van der Waals surface area (Å²) in [6.07, 6.45) is -0.665. The predicted octanol–water partition coefficient (Wildman–Crippen LogP) is 4.47. The zero-order valence-corrected chi connectivity index (χ0v) is 13.2. The number of aryl methyl sites for hydroxylation is 2. The summed E-state index contributed by atoms with van der Waals surface area (Å²) >= 11 is 0. The van der Waals surface area contributed by atoms with Gasteiger partial charge in [0.05, 0.1) is 18.8 Å². The van der Waals surface area contributed by atoms with Crippen molar-refractivity contribution in [2.24, 2.45) is 0 Å². The van der Waals surface area contributed by atoms with Gasteiger partial charge in [0.2, 0.25) is 0 Å². The number of rotatable bonds is 4. The van der Waals surface area contributed by atoms with Gasteiger partial charge in [-0.25, -0.2) is 0 Å². The van der Waals surface area contributed by atoms with Crippen LogP contribution in [-0.4, -0.2) is 12.2 Å². The molecule has 0 heterocycles. The van der Waals surface area contributed by atoms with Gasteiger partial charge in [-0.2, -0.15) is 0 Å². The largest absolute Gasteiger partial charge is 0.496 e. The van der Waals surface area contributed by atoms with Crippen LogP contribution >= 0.6 is 0 Å². The fourth-order valence-electron chi connectivity index (χ4n) is 2.40. The second kappa shape index (κ2) is 6.19. The van der Waals surface area contributed by atoms with Gasteiger partial charge in [0.1, 0.15) is 17.2 Å². The summed E-state index contributed by atoms with van der Waals surface area (Å²) < 4.78 is 11.4. The summed E-state index contributed by atoms with van der Waals surface area (Å²) in [6.45, 7) is 7.83. The molecular formula is C18H22O3. The highest BCUT2D eigenvalue weighted by Gasteiger charge is 2.17. The second-order valence-electron chi connectivity index (χ2n) is 5.30. The number of hydrogen-bond acceptors (Lipinski definition) is 3. The van der Waals surface area contributed by atoms with E-state index in [0.717, 1.165) is 16.9 Å². The van der Waals surface area contributed by atoms with Crippen LogP contribution in [0.1, 0.15) is 35.3 Å². The Morgan fingerprint density at radius 3 is 2.19 bits per heavy atom. The van der Waals surface area contributed by atoms with E-state index in [-0.39, 0.29) is 0 Å². The maximum absolute atomic E-state index is 10.0. The molecule has 112 valence electrons. The molecule has 1 atom stereocenters. The highest BCUT2D eigenvalue weighted by molar-refractivity contribution is 5.51. The number of aliphatic hydroxyl groups is 1. The monoisotopic (exact) mass is 286 g/mol. The number of hydrogen-bond donors (Lipinski definition) is 1. The Bertz CT molecular complexity index is 645. The molecule has 0 aromatic heterocycles. The first-order valence-electron chi connectivity index (χ1n) is 7.05. The molecule has 2 aromatic carbocycles. The maximum Gasteiger partial charge on any atom is 0.136 e. The molecule has 0 amide bonds. The molecule has 2 rings (SSSR count). The fraction of sp³-hybridized carbons (Fsp3) is 0.333. The molecule has 1 N–H and O–H groups in total. The van der Waals surface area contributed by atoms with E-state index in [4.69, 9.17) is 9.47 Å². The average molecular weight is 286 g/mol. The zero-order valence-electron chi connectivity index (χ0n) is 13.2. The Kier molecular flexibility index (Phi) is 4.53. The molecule has 2 aromatic rings. The highest BCUT2D eigenvalue weighted by Crippen LogP contribution is 2.38. The summed E-state index contributed by atoms with van der Waals surface area (Å²) in [7, 11) is 1.59. The molecule has 0 aliphatic heterocycles. The predicted molar refractivity (Wildman–Crippen MR) is 84.4 cm³/mol. The first kappa shape index (κ1) is 15.4. The van der Waals surface area contributed by atoms with Crippen molar-refractivity contribution >= 4 is 0 Å². The number of benzene rings is 2. The summed E-state index contributed by atoms with van der Waals surface area (Å²) in [5, 5.41) is 10.0. The molecule has 0 bridgehead atoms. The molecule has 0 saturated carbocycles. The Labute approximate surface area is 126 Å². The van der Waals surface area contributed by atoms with E-state index >= 15 is 0 Å². The van der Waals surface area contributed by atoms with Crippen molar-refractivity contribution in [3.63, 3.8) is 0 Å². The van der Waals surface area contributed by atoms with Crippen LogP contribution in [0.25, 0.3) is 0 Å². The highest BCUT2D eigenvalue weighted by atomic mass is 16.5. The molecule has 0 unspecified atom stereocenters. The van der Waals surface area contributed by atoms with Crippen molar-refractivity contribution in [2.45, 2.75) is 33.8 Å². The van der Waals surface area contributed by atoms with Gasteiger partial charge in [-0.3, -0.25) is 0 Å².